The van der Waals surface area contributed by atoms with Gasteiger partial charge >= 0.3 is 0 Å². The highest BCUT2D eigenvalue weighted by Gasteiger charge is 2.26. The molecule has 0 spiro atoms. The Morgan fingerprint density at radius 3 is 2.62 bits per heavy atom. The molecule has 2 aliphatic heterocycles. The van der Waals surface area contributed by atoms with Crippen molar-refractivity contribution >= 4 is 28.2 Å². The van der Waals surface area contributed by atoms with E-state index >= 15 is 0 Å². The average Bonchev–Trinajstić information content (AvgIpc) is 2.99. The van der Waals surface area contributed by atoms with Gasteiger partial charge in [0.05, 0.1) is 10.6 Å². The summed E-state index contributed by atoms with van der Waals surface area (Å²) in [6, 6.07) is 4.52. The van der Waals surface area contributed by atoms with E-state index in [0.717, 1.165) is 6.42 Å². The second-order valence-corrected chi connectivity index (χ2v) is 7.87. The molecule has 1 amide bonds. The Bertz CT molecular complexity index is 710. The number of ether oxygens (including phenoxy) is 2. The summed E-state index contributed by atoms with van der Waals surface area (Å²) >= 11 is 0. The molecule has 1 aromatic carbocycles. The average molecular weight is 377 g/mol. The molecule has 0 aliphatic carbocycles. The Balaban J connectivity index is 0.00000208. The third-order valence-corrected chi connectivity index (χ3v) is 5.75. The number of sulfone groups is 1. The van der Waals surface area contributed by atoms with Gasteiger partial charge in [-0.25, -0.2) is 8.42 Å². The first-order valence-corrected chi connectivity index (χ1v) is 9.27. The first-order chi connectivity index (χ1) is 11.0. The molecule has 2 N–H and O–H groups in total. The second kappa shape index (κ2) is 7.58. The first kappa shape index (κ1) is 18.8. The van der Waals surface area contributed by atoms with Crippen molar-refractivity contribution in [2.75, 3.05) is 32.1 Å². The van der Waals surface area contributed by atoms with Crippen molar-refractivity contribution in [3.8, 4) is 11.5 Å². The molecule has 1 aromatic rings. The van der Waals surface area contributed by atoms with E-state index in [0.29, 0.717) is 37.8 Å². The van der Waals surface area contributed by atoms with Crippen molar-refractivity contribution in [3.05, 3.63) is 18.2 Å². The number of hydrogen-bond donors (Lipinski definition) is 1. The molecule has 0 bridgehead atoms. The van der Waals surface area contributed by atoms with Gasteiger partial charge in [-0.3, -0.25) is 4.79 Å². The van der Waals surface area contributed by atoms with Crippen LogP contribution in [-0.2, 0) is 14.6 Å². The van der Waals surface area contributed by atoms with E-state index in [4.69, 9.17) is 15.2 Å². The van der Waals surface area contributed by atoms with E-state index in [9.17, 15) is 13.2 Å². The summed E-state index contributed by atoms with van der Waals surface area (Å²) in [6.07, 6.45) is 0.726. The van der Waals surface area contributed by atoms with Gasteiger partial charge in [0.25, 0.3) is 0 Å². The van der Waals surface area contributed by atoms with Crippen LogP contribution in [0.3, 0.4) is 0 Å². The number of amides is 1. The SMILES string of the molecule is Cl.N[C@@H]1CCN(C(=O)CCS(=O)(=O)c2ccc3c(c2)OCCO3)C1. The number of benzene rings is 1. The number of halogens is 1. The van der Waals surface area contributed by atoms with Gasteiger partial charge in [-0.2, -0.15) is 0 Å². The molecular weight excluding hydrogens is 356 g/mol. The maximum atomic E-state index is 12.4. The Morgan fingerprint density at radius 2 is 1.96 bits per heavy atom. The number of fused-ring (bicyclic) bond motifs is 1. The molecule has 1 saturated heterocycles. The van der Waals surface area contributed by atoms with Crippen molar-refractivity contribution in [3.63, 3.8) is 0 Å². The zero-order valence-corrected chi connectivity index (χ0v) is 14.8. The zero-order chi connectivity index (χ0) is 16.4. The Labute approximate surface area is 147 Å². The smallest absolute Gasteiger partial charge is 0.223 e. The highest BCUT2D eigenvalue weighted by Crippen LogP contribution is 2.32. The normalized spacial score (nSPS) is 19.7. The third-order valence-electron chi connectivity index (χ3n) is 4.03. The van der Waals surface area contributed by atoms with Crippen molar-refractivity contribution in [2.24, 2.45) is 5.73 Å². The monoisotopic (exact) mass is 376 g/mol. The highest BCUT2D eigenvalue weighted by atomic mass is 35.5. The number of nitrogens with two attached hydrogens (primary N) is 1. The van der Waals surface area contributed by atoms with Crippen LogP contribution in [0.25, 0.3) is 0 Å². The van der Waals surface area contributed by atoms with Crippen LogP contribution in [-0.4, -0.2) is 57.3 Å². The molecule has 0 unspecified atom stereocenters. The number of nitrogens with zero attached hydrogens (tertiary/aromatic N) is 1. The van der Waals surface area contributed by atoms with Crippen molar-refractivity contribution in [1.29, 1.82) is 0 Å². The molecule has 1 atom stereocenters. The Hall–Kier alpha value is -1.51. The van der Waals surface area contributed by atoms with E-state index in [1.807, 2.05) is 0 Å². The van der Waals surface area contributed by atoms with Crippen LogP contribution in [0.2, 0.25) is 0 Å². The molecule has 9 heteroatoms. The fourth-order valence-corrected chi connectivity index (χ4v) is 3.97. The second-order valence-electron chi connectivity index (χ2n) is 5.76. The summed E-state index contributed by atoms with van der Waals surface area (Å²) in [5.74, 6) is 0.572. The largest absolute Gasteiger partial charge is 0.486 e. The minimum atomic E-state index is -3.55. The van der Waals surface area contributed by atoms with E-state index < -0.39 is 9.84 Å². The van der Waals surface area contributed by atoms with Crippen LogP contribution in [0, 0.1) is 0 Å². The molecule has 134 valence electrons. The van der Waals surface area contributed by atoms with Crippen LogP contribution in [0.1, 0.15) is 12.8 Å². The van der Waals surface area contributed by atoms with Crippen molar-refractivity contribution in [2.45, 2.75) is 23.8 Å². The molecular formula is C15H21ClN2O5S. The third kappa shape index (κ3) is 4.12. The van der Waals surface area contributed by atoms with Crippen LogP contribution >= 0.6 is 12.4 Å². The topological polar surface area (TPSA) is 98.9 Å². The molecule has 2 aliphatic rings. The zero-order valence-electron chi connectivity index (χ0n) is 13.1. The van der Waals surface area contributed by atoms with Crippen LogP contribution < -0.4 is 15.2 Å². The van der Waals surface area contributed by atoms with Gasteiger partial charge in [0.2, 0.25) is 5.91 Å². The molecule has 2 heterocycles. The maximum absolute atomic E-state index is 12.4. The quantitative estimate of drug-likeness (QED) is 0.826. The van der Waals surface area contributed by atoms with Crippen molar-refractivity contribution < 1.29 is 22.7 Å². The molecule has 0 aromatic heterocycles. The molecule has 7 nitrogen and oxygen atoms in total. The van der Waals surface area contributed by atoms with Gasteiger partial charge in [0.15, 0.2) is 21.3 Å². The molecule has 24 heavy (non-hydrogen) atoms. The highest BCUT2D eigenvalue weighted by molar-refractivity contribution is 7.91. The Kier molecular flexibility index (Phi) is 5.95. The lowest BCUT2D eigenvalue weighted by Crippen LogP contribution is -2.32. The Morgan fingerprint density at radius 1 is 1.25 bits per heavy atom. The van der Waals surface area contributed by atoms with Gasteiger partial charge in [0, 0.05) is 31.6 Å². The van der Waals surface area contributed by atoms with Gasteiger partial charge in [-0.1, -0.05) is 0 Å². The predicted octanol–water partition coefficient (Wildman–Crippen LogP) is 0.603. The van der Waals surface area contributed by atoms with Gasteiger partial charge in [-0.05, 0) is 18.6 Å². The molecule has 3 rings (SSSR count). The van der Waals surface area contributed by atoms with Crippen LogP contribution in [0.15, 0.2) is 23.1 Å². The fourth-order valence-electron chi connectivity index (χ4n) is 2.73. The predicted molar refractivity (Wildman–Crippen MR) is 90.5 cm³/mol. The summed E-state index contributed by atoms with van der Waals surface area (Å²) < 4.78 is 35.6. The molecule has 0 radical (unpaired) electrons. The summed E-state index contributed by atoms with van der Waals surface area (Å²) in [5.41, 5.74) is 5.76. The van der Waals surface area contributed by atoms with E-state index in [-0.39, 0.29) is 41.4 Å². The molecule has 0 saturated carbocycles. The summed E-state index contributed by atoms with van der Waals surface area (Å²) in [4.78, 5) is 13.8. The van der Waals surface area contributed by atoms with E-state index in [1.165, 1.54) is 12.1 Å². The minimum Gasteiger partial charge on any atom is -0.486 e. The lowest BCUT2D eigenvalue weighted by molar-refractivity contribution is -0.129. The van der Waals surface area contributed by atoms with Gasteiger partial charge in [-0.15, -0.1) is 12.4 Å². The van der Waals surface area contributed by atoms with Gasteiger partial charge < -0.3 is 20.1 Å². The number of rotatable bonds is 4. The minimum absolute atomic E-state index is 0. The van der Waals surface area contributed by atoms with Crippen molar-refractivity contribution in [1.82, 2.24) is 4.90 Å². The number of likely N-dealkylation sites (tertiary alicyclic amines) is 1. The number of hydrogen-bond acceptors (Lipinski definition) is 6. The van der Waals surface area contributed by atoms with Crippen LogP contribution in [0.5, 0.6) is 11.5 Å². The number of carbonyl (C=O) groups is 1. The summed E-state index contributed by atoms with van der Waals surface area (Å²) in [7, 11) is -3.55. The number of carbonyl (C=O) groups excluding carboxylic acids is 1. The first-order valence-electron chi connectivity index (χ1n) is 7.61. The van der Waals surface area contributed by atoms with E-state index in [1.54, 1.807) is 11.0 Å². The fraction of sp³-hybridized carbons (Fsp3) is 0.533. The van der Waals surface area contributed by atoms with E-state index in [2.05, 4.69) is 0 Å². The summed E-state index contributed by atoms with van der Waals surface area (Å²) in [5, 5.41) is 0. The lowest BCUT2D eigenvalue weighted by atomic mass is 10.3. The van der Waals surface area contributed by atoms with Crippen LogP contribution in [0.4, 0.5) is 0 Å². The standard InChI is InChI=1S/C15H20N2O5S.ClH/c16-11-3-5-17(10-11)15(18)4-8-23(19,20)12-1-2-13-14(9-12)22-7-6-21-13;/h1-2,9,11H,3-8,10,16H2;1H/t11-;/m1./s1. The maximum Gasteiger partial charge on any atom is 0.223 e. The molecule has 1 fully saturated rings. The lowest BCUT2D eigenvalue weighted by Gasteiger charge is -2.19. The van der Waals surface area contributed by atoms with Gasteiger partial charge in [0.1, 0.15) is 13.2 Å². The summed E-state index contributed by atoms with van der Waals surface area (Å²) in [6.45, 7) is 1.95.